The van der Waals surface area contributed by atoms with E-state index >= 15 is 0 Å². The molecular formula is C14H22N2O. The number of anilines is 1. The summed E-state index contributed by atoms with van der Waals surface area (Å²) >= 11 is 0. The second kappa shape index (κ2) is 5.05. The van der Waals surface area contributed by atoms with Gasteiger partial charge in [0.15, 0.2) is 0 Å². The molecule has 1 aliphatic rings. The fourth-order valence-corrected chi connectivity index (χ4v) is 2.34. The molecular weight excluding hydrogens is 212 g/mol. The van der Waals surface area contributed by atoms with Crippen LogP contribution in [0.15, 0.2) is 18.3 Å². The van der Waals surface area contributed by atoms with Gasteiger partial charge < -0.3 is 10.5 Å². The standard InChI is InChI=1S/C14H22N2O/c1-14(2)6-3-12(4-7-14)17-10-11-5-8-16-13(15)9-11/h5,8-9,12H,3-4,6-7,10H2,1-2H3,(H2,15,16). The average Bonchev–Trinajstić information content (AvgIpc) is 2.28. The molecule has 1 fully saturated rings. The Morgan fingerprint density at radius 2 is 2.12 bits per heavy atom. The van der Waals surface area contributed by atoms with Gasteiger partial charge in [-0.3, -0.25) is 0 Å². The van der Waals surface area contributed by atoms with Gasteiger partial charge in [0.2, 0.25) is 0 Å². The Labute approximate surface area is 103 Å². The van der Waals surface area contributed by atoms with E-state index in [0.29, 0.717) is 23.9 Å². The zero-order valence-corrected chi connectivity index (χ0v) is 10.8. The predicted octanol–water partition coefficient (Wildman–Crippen LogP) is 3.15. The van der Waals surface area contributed by atoms with Gasteiger partial charge in [-0.05, 0) is 48.8 Å². The lowest BCUT2D eigenvalue weighted by atomic mass is 9.76. The van der Waals surface area contributed by atoms with Crippen LogP contribution >= 0.6 is 0 Å². The number of nitrogens with zero attached hydrogens (tertiary/aromatic N) is 1. The molecule has 17 heavy (non-hydrogen) atoms. The van der Waals surface area contributed by atoms with E-state index in [1.54, 1.807) is 6.20 Å². The maximum absolute atomic E-state index is 5.93. The number of aromatic nitrogens is 1. The summed E-state index contributed by atoms with van der Waals surface area (Å²) in [6.45, 7) is 5.33. The molecule has 0 saturated heterocycles. The van der Waals surface area contributed by atoms with Crippen LogP contribution in [0.4, 0.5) is 5.82 Å². The van der Waals surface area contributed by atoms with Gasteiger partial charge in [0.25, 0.3) is 0 Å². The van der Waals surface area contributed by atoms with E-state index in [1.807, 2.05) is 12.1 Å². The monoisotopic (exact) mass is 234 g/mol. The van der Waals surface area contributed by atoms with Gasteiger partial charge in [0.05, 0.1) is 12.7 Å². The van der Waals surface area contributed by atoms with Crippen molar-refractivity contribution in [2.75, 3.05) is 5.73 Å². The number of hydrogen-bond acceptors (Lipinski definition) is 3. The summed E-state index contributed by atoms with van der Waals surface area (Å²) < 4.78 is 5.93. The highest BCUT2D eigenvalue weighted by atomic mass is 16.5. The molecule has 3 nitrogen and oxygen atoms in total. The van der Waals surface area contributed by atoms with Crippen LogP contribution in [-0.4, -0.2) is 11.1 Å². The van der Waals surface area contributed by atoms with Crippen LogP contribution in [0.2, 0.25) is 0 Å². The smallest absolute Gasteiger partial charge is 0.123 e. The molecule has 1 aromatic heterocycles. The summed E-state index contributed by atoms with van der Waals surface area (Å²) in [4.78, 5) is 3.98. The quantitative estimate of drug-likeness (QED) is 0.874. The molecule has 0 radical (unpaired) electrons. The third-order valence-electron chi connectivity index (χ3n) is 3.62. The fourth-order valence-electron chi connectivity index (χ4n) is 2.34. The minimum Gasteiger partial charge on any atom is -0.384 e. The highest BCUT2D eigenvalue weighted by Crippen LogP contribution is 2.36. The predicted molar refractivity (Wildman–Crippen MR) is 69.5 cm³/mol. The highest BCUT2D eigenvalue weighted by molar-refractivity contribution is 5.31. The van der Waals surface area contributed by atoms with Gasteiger partial charge in [-0.15, -0.1) is 0 Å². The van der Waals surface area contributed by atoms with Crippen LogP contribution < -0.4 is 5.73 Å². The highest BCUT2D eigenvalue weighted by Gasteiger charge is 2.27. The van der Waals surface area contributed by atoms with Crippen molar-refractivity contribution in [1.29, 1.82) is 0 Å². The summed E-state index contributed by atoms with van der Waals surface area (Å²) in [6, 6.07) is 3.84. The van der Waals surface area contributed by atoms with Crippen LogP contribution in [-0.2, 0) is 11.3 Å². The Morgan fingerprint density at radius 3 is 2.76 bits per heavy atom. The van der Waals surface area contributed by atoms with E-state index in [9.17, 15) is 0 Å². The molecule has 0 aliphatic heterocycles. The van der Waals surface area contributed by atoms with Crippen molar-refractivity contribution in [3.05, 3.63) is 23.9 Å². The van der Waals surface area contributed by atoms with Crippen LogP contribution in [0.3, 0.4) is 0 Å². The minimum atomic E-state index is 0.414. The Hall–Kier alpha value is -1.09. The van der Waals surface area contributed by atoms with Crippen molar-refractivity contribution >= 4 is 5.82 Å². The second-order valence-corrected chi connectivity index (χ2v) is 5.76. The van der Waals surface area contributed by atoms with E-state index < -0.39 is 0 Å². The molecule has 0 unspecified atom stereocenters. The lowest BCUT2D eigenvalue weighted by Crippen LogP contribution is -2.26. The van der Waals surface area contributed by atoms with Gasteiger partial charge >= 0.3 is 0 Å². The Balaban J connectivity index is 1.80. The summed E-state index contributed by atoms with van der Waals surface area (Å²) in [5.74, 6) is 0.566. The lowest BCUT2D eigenvalue weighted by molar-refractivity contribution is -0.00558. The molecule has 94 valence electrons. The summed E-state index contributed by atoms with van der Waals surface area (Å²) in [6.07, 6.45) is 7.02. The first-order valence-electron chi connectivity index (χ1n) is 6.37. The number of ether oxygens (including phenoxy) is 1. The van der Waals surface area contributed by atoms with E-state index in [-0.39, 0.29) is 0 Å². The molecule has 2 rings (SSSR count). The normalized spacial score (nSPS) is 20.4. The minimum absolute atomic E-state index is 0.414. The third-order valence-corrected chi connectivity index (χ3v) is 3.62. The number of nitrogens with two attached hydrogens (primary N) is 1. The fraction of sp³-hybridized carbons (Fsp3) is 0.643. The van der Waals surface area contributed by atoms with Crippen molar-refractivity contribution in [3.8, 4) is 0 Å². The van der Waals surface area contributed by atoms with Gasteiger partial charge in [0.1, 0.15) is 5.82 Å². The van der Waals surface area contributed by atoms with E-state index in [0.717, 1.165) is 5.56 Å². The van der Waals surface area contributed by atoms with Crippen molar-refractivity contribution < 1.29 is 4.74 Å². The van der Waals surface area contributed by atoms with Gasteiger partial charge in [-0.1, -0.05) is 13.8 Å². The number of hydrogen-bond donors (Lipinski definition) is 1. The SMILES string of the molecule is CC1(C)CCC(OCc2ccnc(N)c2)CC1. The molecule has 2 N–H and O–H groups in total. The van der Waals surface area contributed by atoms with Gasteiger partial charge in [0, 0.05) is 6.20 Å². The Bertz CT molecular complexity index is 366. The van der Waals surface area contributed by atoms with Crippen LogP contribution in [0.1, 0.15) is 45.1 Å². The average molecular weight is 234 g/mol. The molecule has 0 aromatic carbocycles. The maximum Gasteiger partial charge on any atom is 0.123 e. The molecule has 1 aliphatic carbocycles. The molecule has 1 heterocycles. The Morgan fingerprint density at radius 1 is 1.41 bits per heavy atom. The van der Waals surface area contributed by atoms with Gasteiger partial charge in [-0.2, -0.15) is 0 Å². The first-order chi connectivity index (χ1) is 8.05. The molecule has 1 saturated carbocycles. The number of rotatable bonds is 3. The van der Waals surface area contributed by atoms with Gasteiger partial charge in [-0.25, -0.2) is 4.98 Å². The van der Waals surface area contributed by atoms with E-state index in [2.05, 4.69) is 18.8 Å². The maximum atomic E-state index is 5.93. The van der Waals surface area contributed by atoms with Crippen LogP contribution in [0.5, 0.6) is 0 Å². The van der Waals surface area contributed by atoms with Crippen molar-refractivity contribution in [2.24, 2.45) is 5.41 Å². The van der Waals surface area contributed by atoms with Crippen molar-refractivity contribution in [3.63, 3.8) is 0 Å². The van der Waals surface area contributed by atoms with Crippen molar-refractivity contribution in [2.45, 2.75) is 52.2 Å². The summed E-state index contributed by atoms with van der Waals surface area (Å²) in [7, 11) is 0. The zero-order valence-electron chi connectivity index (χ0n) is 10.8. The molecule has 3 heteroatoms. The van der Waals surface area contributed by atoms with Crippen LogP contribution in [0.25, 0.3) is 0 Å². The van der Waals surface area contributed by atoms with Crippen molar-refractivity contribution in [1.82, 2.24) is 4.98 Å². The van der Waals surface area contributed by atoms with E-state index in [4.69, 9.17) is 10.5 Å². The Kier molecular flexibility index (Phi) is 3.67. The first-order valence-corrected chi connectivity index (χ1v) is 6.37. The first kappa shape index (κ1) is 12.4. The summed E-state index contributed by atoms with van der Waals surface area (Å²) in [5.41, 5.74) is 7.25. The number of nitrogen functional groups attached to an aromatic ring is 1. The largest absolute Gasteiger partial charge is 0.384 e. The molecule has 0 bridgehead atoms. The second-order valence-electron chi connectivity index (χ2n) is 5.76. The molecule has 0 spiro atoms. The third kappa shape index (κ3) is 3.70. The number of pyridine rings is 1. The van der Waals surface area contributed by atoms with Crippen LogP contribution in [0, 0.1) is 5.41 Å². The molecule has 0 amide bonds. The van der Waals surface area contributed by atoms with E-state index in [1.165, 1.54) is 25.7 Å². The lowest BCUT2D eigenvalue weighted by Gasteiger charge is -2.34. The summed E-state index contributed by atoms with van der Waals surface area (Å²) in [5, 5.41) is 0. The topological polar surface area (TPSA) is 48.1 Å². The molecule has 0 atom stereocenters. The zero-order chi connectivity index (χ0) is 12.3. The molecule has 1 aromatic rings.